The molecule has 5 saturated heterocycles. The van der Waals surface area contributed by atoms with Gasteiger partial charge in [0.05, 0.1) is 9.85 Å². The highest BCUT2D eigenvalue weighted by Gasteiger charge is 2.88. The average molecular weight is 605 g/mol. The van der Waals surface area contributed by atoms with Crippen molar-refractivity contribution in [1.82, 2.24) is 30.0 Å². The minimum atomic E-state index is -2.68. The van der Waals surface area contributed by atoms with Crippen LogP contribution in [0.15, 0.2) is 6.07 Å². The molecule has 5 aliphatic rings. The zero-order valence-electron chi connectivity index (χ0n) is 19.3. The van der Waals surface area contributed by atoms with Gasteiger partial charge >= 0.3 is 23.0 Å². The van der Waals surface area contributed by atoms with E-state index in [9.17, 15) is 80.9 Å². The molecule has 0 aliphatic carbocycles. The van der Waals surface area contributed by atoms with E-state index in [1.165, 1.54) is 0 Å². The molecule has 42 heavy (non-hydrogen) atoms. The molecule has 1 aromatic rings. The van der Waals surface area contributed by atoms with Gasteiger partial charge in [0.1, 0.15) is 6.07 Å². The molecule has 222 valence electrons. The zero-order chi connectivity index (χ0) is 31.3. The third kappa shape index (κ3) is 3.10. The van der Waals surface area contributed by atoms with Gasteiger partial charge in [-0.2, -0.15) is 0 Å². The molecule has 31 nitrogen and oxygen atoms in total. The van der Waals surface area contributed by atoms with E-state index < -0.39 is 99.9 Å². The molecule has 6 bridgehead atoms. The lowest BCUT2D eigenvalue weighted by Gasteiger charge is -2.43. The molecule has 5 fully saturated rings. The molecule has 31 heteroatoms. The molecular weight excluding hydrogens is 598 g/mol. The predicted octanol–water partition coefficient (Wildman–Crippen LogP) is -2.91. The first kappa shape index (κ1) is 26.7. The minimum Gasteiger partial charge on any atom is -0.358 e. The van der Waals surface area contributed by atoms with Crippen LogP contribution < -0.4 is 4.90 Å². The summed E-state index contributed by atoms with van der Waals surface area (Å²) in [5.41, 5.74) is -3.16. The Morgan fingerprint density at radius 3 is 1.07 bits per heavy atom. The standard InChI is InChI=1S/C11H7N15O16/c27-19(28)2-1-3(20(29)30)5(21(31)32)12-4(2)13-6-8-16(24(37)38)9-7(13)15(23(35)36)11(18(9)26(41)42)10(14(6)22(33)34)17(8)25(39)40/h1,6-11H. The Balaban J connectivity index is 1.96. The topological polar surface area (TPSA) is 377 Å². The van der Waals surface area contributed by atoms with Crippen molar-refractivity contribution in [3.63, 3.8) is 0 Å². The number of nitro groups is 8. The van der Waals surface area contributed by atoms with Crippen LogP contribution in [0.2, 0.25) is 0 Å². The Hall–Kier alpha value is -6.85. The number of hydrogen-bond acceptors (Lipinski definition) is 18. The van der Waals surface area contributed by atoms with Gasteiger partial charge in [-0.1, -0.05) is 25.0 Å². The minimum absolute atomic E-state index is 0.0370. The summed E-state index contributed by atoms with van der Waals surface area (Å²) in [4.78, 5) is 94.8. The fourth-order valence-electron chi connectivity index (χ4n) is 5.62. The number of pyridine rings is 1. The van der Waals surface area contributed by atoms with Gasteiger partial charge in [-0.3, -0.25) is 25.1 Å². The number of hydrogen-bond donors (Lipinski definition) is 0. The van der Waals surface area contributed by atoms with E-state index in [-0.39, 0.29) is 36.0 Å². The van der Waals surface area contributed by atoms with Crippen LogP contribution in [0.4, 0.5) is 23.0 Å². The van der Waals surface area contributed by atoms with Crippen molar-refractivity contribution < 1.29 is 39.9 Å². The zero-order valence-corrected chi connectivity index (χ0v) is 19.3. The van der Waals surface area contributed by atoms with Crippen molar-refractivity contribution in [3.8, 4) is 0 Å². The maximum atomic E-state index is 12.3. The van der Waals surface area contributed by atoms with Gasteiger partial charge in [0.25, 0.3) is 24.7 Å². The lowest BCUT2D eigenvalue weighted by atomic mass is 10.1. The third-order valence-corrected chi connectivity index (χ3v) is 6.78. The van der Waals surface area contributed by atoms with Gasteiger partial charge in [-0.25, -0.2) is 50.6 Å². The van der Waals surface area contributed by atoms with Crippen molar-refractivity contribution >= 4 is 23.0 Å². The number of piperazine rings is 1. The van der Waals surface area contributed by atoms with Gasteiger partial charge in [-0.05, 0) is 9.91 Å². The molecule has 1 aromatic heterocycles. The van der Waals surface area contributed by atoms with Crippen LogP contribution in [0, 0.1) is 80.9 Å². The van der Waals surface area contributed by atoms with Gasteiger partial charge in [0, 0.05) is 0 Å². The number of anilines is 1. The molecule has 6 atom stereocenters. The monoisotopic (exact) mass is 605 g/mol. The fraction of sp³-hybridized carbons (Fsp3) is 0.545. The molecule has 0 spiro atoms. The SMILES string of the molecule is O=[N+]([O-])c1cc([N+](=O)[O-])c([N+](=O)[O-])nc1N1C2C3N([N+](=O)[O-])C(C4N([N+](=O)[O-])C1C(N4[N+](=O)[O-])N3[N+](=O)[O-])N2[N+](=O)[O-]. The maximum Gasteiger partial charge on any atom is 0.445 e. The summed E-state index contributed by atoms with van der Waals surface area (Å²) in [7, 11) is 0. The molecule has 0 amide bonds. The van der Waals surface area contributed by atoms with Crippen molar-refractivity contribution in [2.75, 3.05) is 4.90 Å². The second-order valence-electron chi connectivity index (χ2n) is 8.42. The van der Waals surface area contributed by atoms with E-state index in [0.29, 0.717) is 0 Å². The molecule has 5 aliphatic heterocycles. The summed E-state index contributed by atoms with van der Waals surface area (Å²) in [6.07, 6.45) is -15.7. The second-order valence-corrected chi connectivity index (χ2v) is 8.42. The Bertz CT molecular complexity index is 1480. The smallest absolute Gasteiger partial charge is 0.358 e. The van der Waals surface area contributed by atoms with Crippen LogP contribution in [0.3, 0.4) is 0 Å². The van der Waals surface area contributed by atoms with E-state index in [1.807, 2.05) is 0 Å². The number of hydrazine groups is 5. The molecule has 6 heterocycles. The van der Waals surface area contributed by atoms with Gasteiger partial charge in [0.2, 0.25) is 12.3 Å². The number of rotatable bonds is 9. The molecule has 0 radical (unpaired) electrons. The quantitative estimate of drug-likeness (QED) is 0.201. The Kier molecular flexibility index (Phi) is 5.30. The van der Waals surface area contributed by atoms with E-state index in [1.54, 1.807) is 0 Å². The van der Waals surface area contributed by atoms with Gasteiger partial charge in [-0.15, -0.1) is 0 Å². The number of nitrogens with zero attached hydrogens (tertiary/aromatic N) is 15. The third-order valence-electron chi connectivity index (χ3n) is 6.78. The van der Waals surface area contributed by atoms with E-state index in [4.69, 9.17) is 0 Å². The fourth-order valence-corrected chi connectivity index (χ4v) is 5.62. The summed E-state index contributed by atoms with van der Waals surface area (Å²) in [6, 6.07) is -0.0370. The van der Waals surface area contributed by atoms with Gasteiger partial charge in [0.15, 0.2) is 25.2 Å². The first-order chi connectivity index (χ1) is 19.5. The highest BCUT2D eigenvalue weighted by atomic mass is 16.7. The van der Waals surface area contributed by atoms with Crippen molar-refractivity contribution in [2.24, 2.45) is 0 Å². The summed E-state index contributed by atoms with van der Waals surface area (Å²) in [6.45, 7) is 0. The van der Waals surface area contributed by atoms with Crippen LogP contribution in [0.1, 0.15) is 0 Å². The predicted molar refractivity (Wildman–Crippen MR) is 114 cm³/mol. The van der Waals surface area contributed by atoms with Gasteiger partial charge < -0.3 is 10.1 Å². The molecule has 0 N–H and O–H groups in total. The highest BCUT2D eigenvalue weighted by Crippen LogP contribution is 2.53. The van der Waals surface area contributed by atoms with Crippen molar-refractivity contribution in [1.29, 1.82) is 0 Å². The summed E-state index contributed by atoms with van der Waals surface area (Å²) >= 11 is 0. The van der Waals surface area contributed by atoms with Crippen LogP contribution in [0.25, 0.3) is 0 Å². The summed E-state index contributed by atoms with van der Waals surface area (Å²) < 4.78 is 0. The van der Waals surface area contributed by atoms with Crippen LogP contribution in [-0.2, 0) is 0 Å². The molecule has 0 saturated carbocycles. The van der Waals surface area contributed by atoms with Crippen LogP contribution in [0.5, 0.6) is 0 Å². The van der Waals surface area contributed by atoms with Crippen LogP contribution >= 0.6 is 0 Å². The van der Waals surface area contributed by atoms with Crippen LogP contribution in [-0.4, -0.2) is 107 Å². The molecule has 6 unspecified atom stereocenters. The first-order valence-electron chi connectivity index (χ1n) is 10.4. The highest BCUT2D eigenvalue weighted by molar-refractivity contribution is 5.68. The van der Waals surface area contributed by atoms with Crippen molar-refractivity contribution in [3.05, 3.63) is 87.0 Å². The normalized spacial score (nSPS) is 26.9. The molecular formula is C11H7N15O16. The lowest BCUT2D eigenvalue weighted by Crippen LogP contribution is -2.76. The Morgan fingerprint density at radius 2 is 0.786 bits per heavy atom. The Labute approximate surface area is 222 Å². The Morgan fingerprint density at radius 1 is 0.476 bits per heavy atom. The second kappa shape index (κ2) is 8.32. The van der Waals surface area contributed by atoms with Crippen molar-refractivity contribution in [2.45, 2.75) is 37.0 Å². The van der Waals surface area contributed by atoms with E-state index in [2.05, 4.69) is 4.98 Å². The maximum absolute atomic E-state index is 12.3. The van der Waals surface area contributed by atoms with E-state index in [0.717, 1.165) is 0 Å². The summed E-state index contributed by atoms with van der Waals surface area (Å²) in [5.74, 6) is -3.23. The molecule has 6 rings (SSSR count). The largest absolute Gasteiger partial charge is 0.445 e. The lowest BCUT2D eigenvalue weighted by molar-refractivity contribution is -0.751. The first-order valence-corrected chi connectivity index (χ1v) is 10.4. The molecule has 0 aromatic carbocycles. The average Bonchev–Trinajstić information content (AvgIpc) is 3.32. The van der Waals surface area contributed by atoms with E-state index >= 15 is 0 Å². The summed E-state index contributed by atoms with van der Waals surface area (Å²) in [5, 5.41) is 87.0. The number of aromatic nitrogens is 1.